The van der Waals surface area contributed by atoms with E-state index in [2.05, 4.69) is 9.97 Å². The summed E-state index contributed by atoms with van der Waals surface area (Å²) in [5.41, 5.74) is -0.219. The lowest BCUT2D eigenvalue weighted by molar-refractivity contribution is -0.138. The van der Waals surface area contributed by atoms with Crippen LogP contribution in [0.1, 0.15) is 44.9 Å². The molecule has 0 radical (unpaired) electrons. The molecule has 0 spiro atoms. The Hall–Kier alpha value is -3.01. The van der Waals surface area contributed by atoms with Gasteiger partial charge in [0.2, 0.25) is 5.91 Å². The van der Waals surface area contributed by atoms with Crippen LogP contribution in [0.3, 0.4) is 0 Å². The predicted molar refractivity (Wildman–Crippen MR) is 128 cm³/mol. The van der Waals surface area contributed by atoms with Gasteiger partial charge < -0.3 is 19.7 Å². The highest BCUT2D eigenvalue weighted by Gasteiger charge is 2.23. The number of halogens is 1. The Labute approximate surface area is 203 Å². The second kappa shape index (κ2) is 11.2. The molecule has 0 atom stereocenters. The largest absolute Gasteiger partial charge is 0.493 e. The molecule has 1 amide bonds. The Bertz CT molecular complexity index is 1120. The minimum Gasteiger partial charge on any atom is -0.493 e. The van der Waals surface area contributed by atoms with Gasteiger partial charge in [0.05, 0.1) is 18.7 Å². The minimum atomic E-state index is -0.810. The molecule has 35 heavy (non-hydrogen) atoms. The molecule has 9 nitrogen and oxygen atoms in total. The molecular formula is C25H33FN4O5. The smallest absolute Gasteiger partial charge is 0.317 e. The molecular weight excluding hydrogens is 455 g/mol. The summed E-state index contributed by atoms with van der Waals surface area (Å²) in [6.45, 7) is 4.97. The number of aryl methyl sites for hydroxylation is 1. The average molecular weight is 489 g/mol. The van der Waals surface area contributed by atoms with E-state index < -0.39 is 17.3 Å². The third-order valence-corrected chi connectivity index (χ3v) is 7.18. The lowest BCUT2D eigenvalue weighted by atomic mass is 9.92. The number of rotatable bonds is 8. The first kappa shape index (κ1) is 25.1. The van der Waals surface area contributed by atoms with Crippen molar-refractivity contribution in [2.45, 2.75) is 45.4 Å². The number of likely N-dealkylation sites (tertiary alicyclic amines) is 2. The van der Waals surface area contributed by atoms with E-state index >= 15 is 0 Å². The summed E-state index contributed by atoms with van der Waals surface area (Å²) in [5, 5.41) is 8.86. The monoisotopic (exact) mass is 488 g/mol. The summed E-state index contributed by atoms with van der Waals surface area (Å²) in [5.74, 6) is 0.195. The average Bonchev–Trinajstić information content (AvgIpc) is 2.82. The van der Waals surface area contributed by atoms with Crippen LogP contribution in [-0.4, -0.2) is 76.1 Å². The maximum absolute atomic E-state index is 14.7. The zero-order valence-corrected chi connectivity index (χ0v) is 20.1. The molecule has 1 aromatic carbocycles. The summed E-state index contributed by atoms with van der Waals surface area (Å²) in [6.07, 6.45) is 4.88. The molecule has 0 aliphatic carbocycles. The van der Waals surface area contributed by atoms with Gasteiger partial charge in [0.15, 0.2) is 0 Å². The van der Waals surface area contributed by atoms with Crippen LogP contribution in [-0.2, 0) is 16.0 Å². The van der Waals surface area contributed by atoms with E-state index in [0.29, 0.717) is 43.6 Å². The highest BCUT2D eigenvalue weighted by Crippen LogP contribution is 2.25. The van der Waals surface area contributed by atoms with E-state index in [1.54, 1.807) is 13.0 Å². The molecule has 0 bridgehead atoms. The van der Waals surface area contributed by atoms with Crippen molar-refractivity contribution in [1.82, 2.24) is 19.8 Å². The van der Waals surface area contributed by atoms with Crippen LogP contribution in [0.5, 0.6) is 5.75 Å². The fourth-order valence-corrected chi connectivity index (χ4v) is 5.04. The van der Waals surface area contributed by atoms with Crippen molar-refractivity contribution >= 4 is 22.8 Å². The first-order valence-corrected chi connectivity index (χ1v) is 12.3. The number of carboxylic acid groups (broad SMARTS) is 1. The van der Waals surface area contributed by atoms with Crippen LogP contribution in [0.2, 0.25) is 0 Å². The number of fused-ring (bicyclic) bond motifs is 1. The van der Waals surface area contributed by atoms with Crippen LogP contribution < -0.4 is 10.3 Å². The van der Waals surface area contributed by atoms with E-state index in [1.807, 2.05) is 9.80 Å². The Kier molecular flexibility index (Phi) is 8.00. The molecule has 0 unspecified atom stereocenters. The first-order chi connectivity index (χ1) is 16.8. The van der Waals surface area contributed by atoms with Crippen molar-refractivity contribution in [2.75, 3.05) is 39.3 Å². The number of aromatic nitrogens is 2. The van der Waals surface area contributed by atoms with Gasteiger partial charge in [-0.05, 0) is 57.0 Å². The first-order valence-electron chi connectivity index (χ1n) is 12.3. The molecule has 2 aliphatic rings. The number of aromatic amines is 1. The number of aliphatic carboxylic acids is 1. The summed E-state index contributed by atoms with van der Waals surface area (Å²) >= 11 is 0. The highest BCUT2D eigenvalue weighted by molar-refractivity contribution is 5.79. The van der Waals surface area contributed by atoms with Crippen molar-refractivity contribution in [2.24, 2.45) is 11.8 Å². The third kappa shape index (κ3) is 6.56. The highest BCUT2D eigenvalue weighted by atomic mass is 19.1. The van der Waals surface area contributed by atoms with Crippen molar-refractivity contribution in [3.05, 3.63) is 34.1 Å². The number of H-pyrrole nitrogens is 1. The van der Waals surface area contributed by atoms with E-state index in [1.165, 1.54) is 6.07 Å². The van der Waals surface area contributed by atoms with Gasteiger partial charge in [0.25, 0.3) is 5.56 Å². The molecule has 2 aromatic rings. The number of carbonyl (C=O) groups is 2. The molecule has 2 aliphatic heterocycles. The van der Waals surface area contributed by atoms with Crippen LogP contribution in [0.4, 0.5) is 4.39 Å². The van der Waals surface area contributed by atoms with E-state index in [4.69, 9.17) is 9.84 Å². The second-order valence-corrected chi connectivity index (χ2v) is 9.72. The molecule has 2 saturated heterocycles. The lowest BCUT2D eigenvalue weighted by Gasteiger charge is -2.31. The van der Waals surface area contributed by atoms with Crippen LogP contribution in [0.15, 0.2) is 16.9 Å². The number of nitrogens with one attached hydrogen (secondary N) is 1. The van der Waals surface area contributed by atoms with Gasteiger partial charge in [-0.15, -0.1) is 0 Å². The van der Waals surface area contributed by atoms with Gasteiger partial charge in [-0.1, -0.05) is 0 Å². The van der Waals surface area contributed by atoms with Gasteiger partial charge in [-0.2, -0.15) is 0 Å². The fraction of sp³-hybridized carbons (Fsp3) is 0.600. The van der Waals surface area contributed by atoms with Crippen LogP contribution in [0, 0.1) is 17.7 Å². The number of piperidine rings is 2. The number of carbonyl (C=O) groups excluding carboxylic acids is 1. The number of hydrogen-bond donors (Lipinski definition) is 2. The Morgan fingerprint density at radius 3 is 2.49 bits per heavy atom. The predicted octanol–water partition coefficient (Wildman–Crippen LogP) is 2.43. The molecule has 2 fully saturated rings. The maximum Gasteiger partial charge on any atom is 0.317 e. The Morgan fingerprint density at radius 1 is 1.14 bits per heavy atom. The molecule has 10 heteroatoms. The molecule has 190 valence electrons. The number of carboxylic acids is 1. The molecule has 2 N–H and O–H groups in total. The molecule has 3 heterocycles. The summed E-state index contributed by atoms with van der Waals surface area (Å²) in [4.78, 5) is 45.9. The van der Waals surface area contributed by atoms with Gasteiger partial charge >= 0.3 is 5.97 Å². The fourth-order valence-electron chi connectivity index (χ4n) is 5.04. The number of hydrogen-bond acceptors (Lipinski definition) is 6. The standard InChI is InChI=1S/C25H33FN4O5/c1-16(31)30-10-6-18(7-11-30)15-35-19-12-20(26)24-21(13-19)27-22(28-25(24)34)3-2-17-4-8-29(9-5-17)14-23(32)33/h12-13,17-18H,2-11,14-15H2,1H3,(H,32,33)(H,27,28,34). The zero-order valence-electron chi connectivity index (χ0n) is 20.1. The van der Waals surface area contributed by atoms with Gasteiger partial charge in [0.1, 0.15) is 22.8 Å². The van der Waals surface area contributed by atoms with E-state index in [9.17, 15) is 18.8 Å². The number of nitrogens with zero attached hydrogens (tertiary/aromatic N) is 3. The normalized spacial score (nSPS) is 18.2. The molecule has 0 saturated carbocycles. The minimum absolute atomic E-state index is 0.0693. The van der Waals surface area contributed by atoms with Gasteiger partial charge in [0, 0.05) is 38.6 Å². The van der Waals surface area contributed by atoms with E-state index in [0.717, 1.165) is 45.2 Å². The lowest BCUT2D eigenvalue weighted by Crippen LogP contribution is -2.38. The van der Waals surface area contributed by atoms with Crippen molar-refractivity contribution < 1.29 is 23.8 Å². The Balaban J connectivity index is 1.36. The topological polar surface area (TPSA) is 116 Å². The van der Waals surface area contributed by atoms with Crippen molar-refractivity contribution in [3.63, 3.8) is 0 Å². The van der Waals surface area contributed by atoms with Gasteiger partial charge in [-0.25, -0.2) is 9.37 Å². The van der Waals surface area contributed by atoms with Crippen molar-refractivity contribution in [1.29, 1.82) is 0 Å². The maximum atomic E-state index is 14.7. The number of ether oxygens (including phenoxy) is 1. The van der Waals surface area contributed by atoms with Crippen LogP contribution in [0.25, 0.3) is 10.9 Å². The zero-order chi connectivity index (χ0) is 24.9. The van der Waals surface area contributed by atoms with Gasteiger partial charge in [-0.3, -0.25) is 19.3 Å². The summed E-state index contributed by atoms with van der Waals surface area (Å²) < 4.78 is 20.6. The molecule has 1 aromatic heterocycles. The van der Waals surface area contributed by atoms with Crippen LogP contribution >= 0.6 is 0 Å². The summed E-state index contributed by atoms with van der Waals surface area (Å²) in [7, 11) is 0. The van der Waals surface area contributed by atoms with Crippen molar-refractivity contribution in [3.8, 4) is 5.75 Å². The Morgan fingerprint density at radius 2 is 1.83 bits per heavy atom. The number of benzene rings is 1. The number of amides is 1. The second-order valence-electron chi connectivity index (χ2n) is 9.72. The van der Waals surface area contributed by atoms with E-state index in [-0.39, 0.29) is 29.3 Å². The quantitative estimate of drug-likeness (QED) is 0.586. The molecule has 4 rings (SSSR count). The summed E-state index contributed by atoms with van der Waals surface area (Å²) in [6, 6.07) is 2.85. The third-order valence-electron chi connectivity index (χ3n) is 7.18. The SMILES string of the molecule is CC(=O)N1CCC(COc2cc(F)c3c(=O)[nH]c(CCC4CCN(CC(=O)O)CC4)nc3c2)CC1.